The maximum absolute atomic E-state index is 5.25. The van der Waals surface area contributed by atoms with E-state index in [1.807, 2.05) is 18.2 Å². The molecule has 3 nitrogen and oxygen atoms in total. The SMILES string of the molecule is CCC1(CC)CSC(Nc2cc(OC)ccc2Br)=N1. The third kappa shape index (κ3) is 3.26. The van der Waals surface area contributed by atoms with Gasteiger partial charge in [0.15, 0.2) is 5.17 Å². The van der Waals surface area contributed by atoms with E-state index < -0.39 is 0 Å². The Labute approximate surface area is 127 Å². The molecule has 0 fully saturated rings. The third-order valence-electron chi connectivity index (χ3n) is 3.55. The Balaban J connectivity index is 2.18. The molecule has 1 aromatic carbocycles. The molecule has 1 aliphatic rings. The van der Waals surface area contributed by atoms with E-state index in [-0.39, 0.29) is 5.54 Å². The number of halogens is 1. The normalized spacial score (nSPS) is 17.2. The predicted octanol–water partition coefficient (Wildman–Crippen LogP) is 4.53. The van der Waals surface area contributed by atoms with Gasteiger partial charge in [0.2, 0.25) is 0 Å². The van der Waals surface area contributed by atoms with Crippen LogP contribution in [-0.2, 0) is 0 Å². The maximum atomic E-state index is 5.25. The van der Waals surface area contributed by atoms with Crippen LogP contribution in [0.1, 0.15) is 26.7 Å². The highest BCUT2D eigenvalue weighted by atomic mass is 79.9. The molecule has 0 spiro atoms. The summed E-state index contributed by atoms with van der Waals surface area (Å²) >= 11 is 5.34. The summed E-state index contributed by atoms with van der Waals surface area (Å²) in [7, 11) is 1.67. The van der Waals surface area contributed by atoms with Crippen molar-refractivity contribution in [3.63, 3.8) is 0 Å². The fourth-order valence-corrected chi connectivity index (χ4v) is 3.67. The van der Waals surface area contributed by atoms with Crippen molar-refractivity contribution in [2.45, 2.75) is 32.2 Å². The van der Waals surface area contributed by atoms with Gasteiger partial charge in [-0.25, -0.2) is 0 Å². The number of nitrogens with one attached hydrogen (secondary N) is 1. The molecular weight excluding hydrogens is 324 g/mol. The molecule has 19 heavy (non-hydrogen) atoms. The van der Waals surface area contributed by atoms with Crippen molar-refractivity contribution in [3.05, 3.63) is 22.7 Å². The zero-order valence-corrected chi connectivity index (χ0v) is 13.9. The highest BCUT2D eigenvalue weighted by molar-refractivity contribution is 9.10. The van der Waals surface area contributed by atoms with Gasteiger partial charge >= 0.3 is 0 Å². The van der Waals surface area contributed by atoms with Crippen molar-refractivity contribution >= 4 is 38.5 Å². The first kappa shape index (κ1) is 14.7. The number of ether oxygens (including phenoxy) is 1. The molecule has 0 amide bonds. The number of methoxy groups -OCH3 is 1. The smallest absolute Gasteiger partial charge is 0.161 e. The second kappa shape index (κ2) is 6.18. The van der Waals surface area contributed by atoms with Gasteiger partial charge in [0.05, 0.1) is 18.3 Å². The molecule has 0 bridgehead atoms. The minimum absolute atomic E-state index is 0.109. The molecule has 1 N–H and O–H groups in total. The minimum atomic E-state index is 0.109. The van der Waals surface area contributed by atoms with E-state index in [9.17, 15) is 0 Å². The van der Waals surface area contributed by atoms with Gasteiger partial charge in [-0.3, -0.25) is 4.99 Å². The number of hydrogen-bond acceptors (Lipinski definition) is 4. The van der Waals surface area contributed by atoms with Gasteiger partial charge < -0.3 is 10.1 Å². The van der Waals surface area contributed by atoms with E-state index in [1.165, 1.54) is 0 Å². The van der Waals surface area contributed by atoms with Crippen LogP contribution in [0.3, 0.4) is 0 Å². The Bertz CT molecular complexity index is 486. The van der Waals surface area contributed by atoms with Crippen LogP contribution in [0.2, 0.25) is 0 Å². The summed E-state index contributed by atoms with van der Waals surface area (Å²) in [6.45, 7) is 4.41. The van der Waals surface area contributed by atoms with Crippen molar-refractivity contribution in [2.75, 3.05) is 18.2 Å². The summed E-state index contributed by atoms with van der Waals surface area (Å²) in [5.41, 5.74) is 1.10. The molecular formula is C14H19BrN2OS. The van der Waals surface area contributed by atoms with Crippen LogP contribution < -0.4 is 10.1 Å². The average Bonchev–Trinajstić information content (AvgIpc) is 2.85. The van der Waals surface area contributed by atoms with Crippen LogP contribution in [0.5, 0.6) is 5.75 Å². The molecule has 0 aliphatic carbocycles. The van der Waals surface area contributed by atoms with Gasteiger partial charge in [-0.15, -0.1) is 0 Å². The number of nitrogens with zero attached hydrogens (tertiary/aromatic N) is 1. The third-order valence-corrected chi connectivity index (χ3v) is 5.39. The van der Waals surface area contributed by atoms with E-state index >= 15 is 0 Å². The van der Waals surface area contributed by atoms with E-state index in [4.69, 9.17) is 9.73 Å². The van der Waals surface area contributed by atoms with E-state index in [0.717, 1.165) is 39.7 Å². The highest BCUT2D eigenvalue weighted by Crippen LogP contribution is 2.35. The van der Waals surface area contributed by atoms with Crippen molar-refractivity contribution in [1.82, 2.24) is 0 Å². The van der Waals surface area contributed by atoms with Crippen LogP contribution in [-0.4, -0.2) is 23.6 Å². The zero-order chi connectivity index (χ0) is 13.9. The predicted molar refractivity (Wildman–Crippen MR) is 87.5 cm³/mol. The number of benzene rings is 1. The van der Waals surface area contributed by atoms with Crippen LogP contribution in [0, 0.1) is 0 Å². The zero-order valence-electron chi connectivity index (χ0n) is 11.5. The Morgan fingerprint density at radius 2 is 2.16 bits per heavy atom. The summed E-state index contributed by atoms with van der Waals surface area (Å²) < 4.78 is 6.27. The van der Waals surface area contributed by atoms with E-state index in [2.05, 4.69) is 35.1 Å². The Kier molecular flexibility index (Phi) is 4.79. The first-order valence-corrected chi connectivity index (χ1v) is 8.23. The summed E-state index contributed by atoms with van der Waals surface area (Å²) in [4.78, 5) is 4.86. The summed E-state index contributed by atoms with van der Waals surface area (Å²) in [5.74, 6) is 1.90. The minimum Gasteiger partial charge on any atom is -0.497 e. The van der Waals surface area contributed by atoms with Crippen LogP contribution >= 0.6 is 27.7 Å². The molecule has 0 aromatic heterocycles. The van der Waals surface area contributed by atoms with Gasteiger partial charge in [-0.1, -0.05) is 25.6 Å². The first-order valence-electron chi connectivity index (χ1n) is 6.45. The number of aliphatic imine (C=N–C) groups is 1. The molecule has 0 saturated heterocycles. The molecule has 1 aliphatic heterocycles. The highest BCUT2D eigenvalue weighted by Gasteiger charge is 2.32. The van der Waals surface area contributed by atoms with Gasteiger partial charge in [0.1, 0.15) is 5.75 Å². The van der Waals surface area contributed by atoms with Crippen LogP contribution in [0.15, 0.2) is 27.7 Å². The standard InChI is InChI=1S/C14H19BrN2OS/c1-4-14(5-2)9-19-13(17-14)16-12-8-10(18-3)6-7-11(12)15/h6-8H,4-5,9H2,1-3H3,(H,16,17). The number of amidine groups is 1. The lowest BCUT2D eigenvalue weighted by Gasteiger charge is -2.20. The van der Waals surface area contributed by atoms with Gasteiger partial charge in [0, 0.05) is 16.3 Å². The van der Waals surface area contributed by atoms with Crippen LogP contribution in [0.4, 0.5) is 5.69 Å². The molecule has 104 valence electrons. The lowest BCUT2D eigenvalue weighted by molar-refractivity contribution is 0.415. The molecule has 2 rings (SSSR count). The Hall–Kier alpha value is -0.680. The summed E-state index contributed by atoms with van der Waals surface area (Å²) in [5, 5.41) is 4.39. The molecule has 0 unspecified atom stereocenters. The number of thioether (sulfide) groups is 1. The maximum Gasteiger partial charge on any atom is 0.161 e. The van der Waals surface area contributed by atoms with E-state index in [0.29, 0.717) is 0 Å². The van der Waals surface area contributed by atoms with Crippen molar-refractivity contribution in [3.8, 4) is 5.75 Å². The monoisotopic (exact) mass is 342 g/mol. The molecule has 5 heteroatoms. The first-order chi connectivity index (χ1) is 9.12. The van der Waals surface area contributed by atoms with Crippen molar-refractivity contribution < 1.29 is 4.74 Å². The quantitative estimate of drug-likeness (QED) is 0.872. The second-order valence-corrected chi connectivity index (χ2v) is 6.43. The molecule has 1 heterocycles. The lowest BCUT2D eigenvalue weighted by Crippen LogP contribution is -2.24. The topological polar surface area (TPSA) is 33.6 Å². The summed E-state index contributed by atoms with van der Waals surface area (Å²) in [6, 6.07) is 5.89. The molecule has 0 radical (unpaired) electrons. The van der Waals surface area contributed by atoms with Crippen molar-refractivity contribution in [2.24, 2.45) is 4.99 Å². The average molecular weight is 343 g/mol. The van der Waals surface area contributed by atoms with Crippen molar-refractivity contribution in [1.29, 1.82) is 0 Å². The van der Waals surface area contributed by atoms with Crippen LogP contribution in [0.25, 0.3) is 0 Å². The lowest BCUT2D eigenvalue weighted by atomic mass is 9.97. The Morgan fingerprint density at radius 3 is 2.74 bits per heavy atom. The molecule has 0 saturated carbocycles. The largest absolute Gasteiger partial charge is 0.497 e. The molecule has 0 atom stereocenters. The second-order valence-electron chi connectivity index (χ2n) is 4.61. The van der Waals surface area contributed by atoms with Gasteiger partial charge in [-0.05, 0) is 40.9 Å². The molecule has 1 aromatic rings. The number of hydrogen-bond donors (Lipinski definition) is 1. The fourth-order valence-electron chi connectivity index (χ4n) is 2.00. The van der Waals surface area contributed by atoms with Gasteiger partial charge in [-0.2, -0.15) is 0 Å². The van der Waals surface area contributed by atoms with E-state index in [1.54, 1.807) is 18.9 Å². The fraction of sp³-hybridized carbons (Fsp3) is 0.500. The number of anilines is 1. The number of rotatable bonds is 4. The van der Waals surface area contributed by atoms with Gasteiger partial charge in [0.25, 0.3) is 0 Å². The Morgan fingerprint density at radius 1 is 1.42 bits per heavy atom. The summed E-state index contributed by atoms with van der Waals surface area (Å²) in [6.07, 6.45) is 2.17.